The smallest absolute Gasteiger partial charge is 0.362 e. The van der Waals surface area contributed by atoms with Gasteiger partial charge in [-0.1, -0.05) is 119 Å². The Bertz CT molecular complexity index is 1650. The van der Waals surface area contributed by atoms with E-state index in [1.165, 1.54) is 13.8 Å². The third-order valence-corrected chi connectivity index (χ3v) is 10.8. The third-order valence-electron chi connectivity index (χ3n) is 10.8. The number of esters is 4. The van der Waals surface area contributed by atoms with Gasteiger partial charge in [-0.2, -0.15) is 0 Å². The molecule has 0 aliphatic rings. The van der Waals surface area contributed by atoms with E-state index < -0.39 is 42.5 Å². The topological polar surface area (TPSA) is 204 Å². The first-order valence-corrected chi connectivity index (χ1v) is 25.1. The molecule has 0 aromatic carbocycles. The molecule has 0 aromatic heterocycles. The number of rotatable bonds is 39. The summed E-state index contributed by atoms with van der Waals surface area (Å²) in [6, 6.07) is 0. The van der Waals surface area contributed by atoms with Gasteiger partial charge in [-0.3, -0.25) is 19.2 Å². The number of nitrogens with zero attached hydrogens (tertiary/aromatic N) is 2. The average molecular weight is 1060 g/mol. The van der Waals surface area contributed by atoms with Crippen molar-refractivity contribution >= 4 is 35.7 Å². The van der Waals surface area contributed by atoms with Gasteiger partial charge in [0.15, 0.2) is 13.1 Å². The fraction of sp³-hybridized carbons (Fsp3) is 0.630. The number of ether oxygens (including phenoxy) is 4. The lowest BCUT2D eigenvalue weighted by molar-refractivity contribution is -0.883. The first kappa shape index (κ1) is 71.7. The number of carbonyl (C=O) groups is 6. The minimum atomic E-state index is -0.939. The molecule has 0 heterocycles. The third kappa shape index (κ3) is 42.0. The lowest BCUT2D eigenvalue weighted by Crippen LogP contribution is -3.00. The van der Waals surface area contributed by atoms with Gasteiger partial charge in [-0.25, -0.2) is 9.59 Å². The Hall–Kier alpha value is -4.58. The number of quaternary nitrogens is 2. The maximum absolute atomic E-state index is 13.1. The number of carbonyl (C=O) groups excluding carboxylic acids is 6. The summed E-state index contributed by atoms with van der Waals surface area (Å²) >= 11 is 0. The molecule has 0 bridgehead atoms. The van der Waals surface area contributed by atoms with Crippen LogP contribution in [0.3, 0.4) is 0 Å². The van der Waals surface area contributed by atoms with Crippen LogP contribution < -0.4 is 35.4 Å². The molecule has 16 nitrogen and oxygen atoms in total. The molecule has 0 rings (SSSR count). The summed E-state index contributed by atoms with van der Waals surface area (Å²) in [5, 5.41) is 27.8. The zero-order valence-electron chi connectivity index (χ0n) is 44.7. The van der Waals surface area contributed by atoms with Gasteiger partial charge in [0, 0.05) is 26.7 Å². The molecule has 72 heavy (non-hydrogen) atoms. The zero-order chi connectivity index (χ0) is 52.6. The minimum absolute atomic E-state index is 0. The summed E-state index contributed by atoms with van der Waals surface area (Å²) in [5.74, 6) is -2.27. The quantitative estimate of drug-likeness (QED) is 0.0129. The average Bonchev–Trinajstić information content (AvgIpc) is 3.26. The fourth-order valence-electron chi connectivity index (χ4n) is 6.73. The highest BCUT2D eigenvalue weighted by atomic mass is 35.5. The molecule has 0 aliphatic carbocycles. The SMILES string of the molecule is C/C=C/C=C/C=C/C=C/C=C/C(NC(=O)CCC=CCC(O)C(CCCCC)OC(=O)C[N+](C)(C)CCOC(C)=O)NC(=O)CCC=CCC(O)C(CCCCC)OC(=O)C[N+](C)(C)CCOC(C)=O.[Cl-].[Cl-]. The van der Waals surface area contributed by atoms with Gasteiger partial charge in [0.2, 0.25) is 11.8 Å². The summed E-state index contributed by atoms with van der Waals surface area (Å²) in [4.78, 5) is 74.3. The lowest BCUT2D eigenvalue weighted by atomic mass is 10.0. The monoisotopic (exact) mass is 1060 g/mol. The number of likely N-dealkylation sites (N-methyl/N-ethyl adjacent to an activating group) is 2. The molecule has 4 unspecified atom stereocenters. The minimum Gasteiger partial charge on any atom is -1.00 e. The summed E-state index contributed by atoms with van der Waals surface area (Å²) in [6.45, 7) is 10.1. The molecule has 4 atom stereocenters. The van der Waals surface area contributed by atoms with E-state index in [-0.39, 0.29) is 110 Å². The Labute approximate surface area is 444 Å². The Morgan fingerprint density at radius 2 is 0.931 bits per heavy atom. The van der Waals surface area contributed by atoms with Gasteiger partial charge >= 0.3 is 23.9 Å². The highest BCUT2D eigenvalue weighted by molar-refractivity contribution is 5.80. The summed E-state index contributed by atoms with van der Waals surface area (Å²) in [5.41, 5.74) is 0. The van der Waals surface area contributed by atoms with Gasteiger partial charge in [0.05, 0.1) is 40.4 Å². The Morgan fingerprint density at radius 1 is 0.556 bits per heavy atom. The Balaban J connectivity index is -0.0000238. The molecule has 0 aromatic rings. The van der Waals surface area contributed by atoms with E-state index in [2.05, 4.69) is 24.5 Å². The number of hydrogen-bond donors (Lipinski definition) is 4. The van der Waals surface area contributed by atoms with Crippen LogP contribution in [0.5, 0.6) is 0 Å². The standard InChI is InChI=1S/C54H88N4O12.2ClH/c1-10-13-16-17-18-19-20-21-28-35-50(55-51(63)36-29-22-26-31-46(61)48(33-24-14-11-2)69-53(65)42-57(6,7)38-40-67-44(4)59)56-52(64)37-30-23-27-32-47(62)49(34-25-15-12-3)70-54(66)43-58(8,9)39-41-68-45(5)60;;/h10,13,16-23,26-28,35,46-50,61-62H,11-12,14-15,24-25,29-34,36-43H2,1-9H3;2*1H/b13-10+,17-16+,19-18+,21-20+,26-22?,27-23?,35-28+;;. The van der Waals surface area contributed by atoms with Crippen LogP contribution in [0.2, 0.25) is 0 Å². The van der Waals surface area contributed by atoms with Crippen molar-refractivity contribution in [3.05, 3.63) is 85.1 Å². The molecule has 18 heteroatoms. The van der Waals surface area contributed by atoms with Crippen molar-refractivity contribution in [2.24, 2.45) is 0 Å². The van der Waals surface area contributed by atoms with E-state index in [0.717, 1.165) is 38.5 Å². The van der Waals surface area contributed by atoms with Gasteiger partial charge in [-0.05, 0) is 64.4 Å². The van der Waals surface area contributed by atoms with E-state index in [1.807, 2.05) is 77.6 Å². The second-order valence-corrected chi connectivity index (χ2v) is 18.7. The van der Waals surface area contributed by atoms with E-state index >= 15 is 0 Å². The van der Waals surface area contributed by atoms with Crippen molar-refractivity contribution in [3.8, 4) is 0 Å². The zero-order valence-corrected chi connectivity index (χ0v) is 46.3. The predicted molar refractivity (Wildman–Crippen MR) is 274 cm³/mol. The molecule has 0 saturated heterocycles. The lowest BCUT2D eigenvalue weighted by Gasteiger charge is -2.30. The van der Waals surface area contributed by atoms with Crippen molar-refractivity contribution in [2.45, 2.75) is 155 Å². The van der Waals surface area contributed by atoms with Crippen LogP contribution in [0.4, 0.5) is 0 Å². The number of aliphatic hydroxyl groups is 2. The van der Waals surface area contributed by atoms with Gasteiger partial charge in [0.25, 0.3) is 0 Å². The first-order chi connectivity index (χ1) is 33.2. The van der Waals surface area contributed by atoms with Crippen molar-refractivity contribution < 1.29 is 91.7 Å². The van der Waals surface area contributed by atoms with Crippen LogP contribution in [0, 0.1) is 0 Å². The normalized spacial score (nSPS) is 14.3. The van der Waals surface area contributed by atoms with Crippen LogP contribution in [0.25, 0.3) is 0 Å². The molecule has 0 spiro atoms. The van der Waals surface area contributed by atoms with Gasteiger partial charge in [-0.15, -0.1) is 0 Å². The molecule has 412 valence electrons. The molecular weight excluding hydrogens is 968 g/mol. The molecule has 2 amide bonds. The number of unbranched alkanes of at least 4 members (excludes halogenated alkanes) is 4. The predicted octanol–water partition coefficient (Wildman–Crippen LogP) is 0.792. The number of halogens is 2. The number of aliphatic hydroxyl groups excluding tert-OH is 2. The number of amides is 2. The molecule has 0 aliphatic heterocycles. The second-order valence-electron chi connectivity index (χ2n) is 18.7. The van der Waals surface area contributed by atoms with Crippen LogP contribution in [0.15, 0.2) is 85.1 Å². The maximum Gasteiger partial charge on any atom is 0.362 e. The van der Waals surface area contributed by atoms with Crippen LogP contribution in [-0.2, 0) is 47.7 Å². The first-order valence-electron chi connectivity index (χ1n) is 25.1. The van der Waals surface area contributed by atoms with Crippen molar-refractivity contribution in [1.29, 1.82) is 0 Å². The highest BCUT2D eigenvalue weighted by Gasteiger charge is 2.29. The molecule has 0 radical (unpaired) electrons. The number of nitrogens with one attached hydrogen (secondary N) is 2. The molecular formula is C54H90Cl2N4O12. The van der Waals surface area contributed by atoms with Crippen molar-refractivity contribution in [1.82, 2.24) is 10.6 Å². The largest absolute Gasteiger partial charge is 1.00 e. The molecule has 0 fully saturated rings. The molecule has 4 N–H and O–H groups in total. The van der Waals surface area contributed by atoms with E-state index in [9.17, 15) is 39.0 Å². The van der Waals surface area contributed by atoms with Crippen LogP contribution >= 0.6 is 0 Å². The van der Waals surface area contributed by atoms with Gasteiger partial charge < -0.3 is 73.6 Å². The van der Waals surface area contributed by atoms with Crippen LogP contribution in [0.1, 0.15) is 125 Å². The maximum atomic E-state index is 13.1. The summed E-state index contributed by atoms with van der Waals surface area (Å²) in [7, 11) is 7.36. The second kappa shape index (κ2) is 44.0. The number of hydrogen-bond acceptors (Lipinski definition) is 12. The highest BCUT2D eigenvalue weighted by Crippen LogP contribution is 2.17. The van der Waals surface area contributed by atoms with Crippen LogP contribution in [-0.4, -0.2) is 153 Å². The van der Waals surface area contributed by atoms with E-state index in [0.29, 0.717) is 38.8 Å². The van der Waals surface area contributed by atoms with Gasteiger partial charge in [0.1, 0.15) is 44.7 Å². The van der Waals surface area contributed by atoms with E-state index in [4.69, 9.17) is 18.9 Å². The number of allylic oxidation sites excluding steroid dienone is 11. The van der Waals surface area contributed by atoms with Crippen molar-refractivity contribution in [3.63, 3.8) is 0 Å². The van der Waals surface area contributed by atoms with Crippen molar-refractivity contribution in [2.75, 3.05) is 67.6 Å². The molecule has 0 saturated carbocycles. The summed E-state index contributed by atoms with van der Waals surface area (Å²) in [6.07, 6.45) is 29.3. The Kier molecular flexibility index (Phi) is 43.8. The van der Waals surface area contributed by atoms with E-state index in [1.54, 1.807) is 42.5 Å². The fourth-order valence-corrected chi connectivity index (χ4v) is 6.73. The Morgan fingerprint density at radius 3 is 1.29 bits per heavy atom. The summed E-state index contributed by atoms with van der Waals surface area (Å²) < 4.78 is 22.1.